The second kappa shape index (κ2) is 9.42. The first-order valence-corrected chi connectivity index (χ1v) is 10.7. The van der Waals surface area contributed by atoms with Gasteiger partial charge in [-0.25, -0.2) is 0 Å². The number of carbonyl (C=O) groups is 3. The first kappa shape index (κ1) is 23.3. The van der Waals surface area contributed by atoms with Crippen LogP contribution in [0.3, 0.4) is 0 Å². The van der Waals surface area contributed by atoms with Crippen molar-refractivity contribution in [3.8, 4) is 5.75 Å². The zero-order valence-electron chi connectivity index (χ0n) is 19.3. The van der Waals surface area contributed by atoms with Gasteiger partial charge in [0.25, 0.3) is 11.8 Å². The molecule has 0 unspecified atom stereocenters. The quantitative estimate of drug-likeness (QED) is 0.650. The van der Waals surface area contributed by atoms with Crippen LogP contribution in [0.25, 0.3) is 0 Å². The molecule has 1 aliphatic heterocycles. The van der Waals surface area contributed by atoms with E-state index in [-0.39, 0.29) is 36.3 Å². The molecule has 2 heterocycles. The average molecular weight is 442 g/mol. The Morgan fingerprint density at radius 1 is 1.25 bits per heavy atom. The van der Waals surface area contributed by atoms with Crippen LogP contribution < -0.4 is 15.4 Å². The van der Waals surface area contributed by atoms with Gasteiger partial charge in [-0.1, -0.05) is 32.0 Å². The molecule has 32 heavy (non-hydrogen) atoms. The van der Waals surface area contributed by atoms with Crippen LogP contribution in [0.1, 0.15) is 53.7 Å². The number of rotatable bonds is 8. The topological polar surface area (TPSA) is 106 Å². The lowest BCUT2D eigenvalue weighted by atomic mass is 9.95. The molecule has 0 aliphatic carbocycles. The molecule has 9 nitrogen and oxygen atoms in total. The summed E-state index contributed by atoms with van der Waals surface area (Å²) in [5.41, 5.74) is 0.135. The van der Waals surface area contributed by atoms with E-state index < -0.39 is 11.4 Å². The Morgan fingerprint density at radius 2 is 1.97 bits per heavy atom. The minimum absolute atomic E-state index is 0.126. The van der Waals surface area contributed by atoms with Crippen LogP contribution in [0.15, 0.2) is 30.3 Å². The van der Waals surface area contributed by atoms with E-state index in [1.165, 1.54) is 15.6 Å². The molecule has 2 N–H and O–H groups in total. The Morgan fingerprint density at radius 3 is 2.66 bits per heavy atom. The van der Waals surface area contributed by atoms with Crippen LogP contribution >= 0.6 is 0 Å². The zero-order chi connectivity index (χ0) is 23.5. The molecule has 1 aliphatic rings. The Labute approximate surface area is 188 Å². The second-order valence-electron chi connectivity index (χ2n) is 8.64. The normalized spacial score (nSPS) is 17.8. The third-order valence-corrected chi connectivity index (χ3v) is 5.86. The smallest absolute Gasteiger partial charge is 0.272 e. The maximum absolute atomic E-state index is 13.0. The fourth-order valence-electron chi connectivity index (χ4n) is 3.62. The highest BCUT2D eigenvalue weighted by Crippen LogP contribution is 2.26. The number of aromatic nitrogens is 2. The highest BCUT2D eigenvalue weighted by atomic mass is 16.5. The molecule has 9 heteroatoms. The first-order valence-electron chi connectivity index (χ1n) is 10.7. The molecule has 2 aromatic rings. The summed E-state index contributed by atoms with van der Waals surface area (Å²) in [6.45, 7) is 6.84. The number of para-hydroxylation sites is 1. The molecule has 0 saturated carbocycles. The van der Waals surface area contributed by atoms with Crippen molar-refractivity contribution >= 4 is 17.7 Å². The van der Waals surface area contributed by atoms with Gasteiger partial charge in [-0.05, 0) is 25.3 Å². The first-order chi connectivity index (χ1) is 15.2. The van der Waals surface area contributed by atoms with Crippen molar-refractivity contribution in [2.24, 2.45) is 5.92 Å². The fraction of sp³-hybridized carbons (Fsp3) is 0.478. The van der Waals surface area contributed by atoms with Crippen molar-refractivity contribution in [3.05, 3.63) is 47.3 Å². The molecule has 1 atom stereocenters. The van der Waals surface area contributed by atoms with Crippen LogP contribution in [0.5, 0.6) is 5.75 Å². The van der Waals surface area contributed by atoms with E-state index in [1.54, 1.807) is 21.1 Å². The minimum atomic E-state index is -1.10. The number of fused-ring (bicyclic) bond motifs is 1. The van der Waals surface area contributed by atoms with E-state index in [9.17, 15) is 14.4 Å². The maximum atomic E-state index is 13.0. The summed E-state index contributed by atoms with van der Waals surface area (Å²) in [6, 6.07) is 8.86. The van der Waals surface area contributed by atoms with Gasteiger partial charge in [-0.3, -0.25) is 19.1 Å². The molecule has 0 bridgehead atoms. The van der Waals surface area contributed by atoms with Gasteiger partial charge in [-0.2, -0.15) is 5.10 Å². The lowest BCUT2D eigenvalue weighted by molar-refractivity contribution is -0.132. The van der Waals surface area contributed by atoms with E-state index in [0.29, 0.717) is 18.2 Å². The summed E-state index contributed by atoms with van der Waals surface area (Å²) in [7, 11) is 3.17. The predicted molar refractivity (Wildman–Crippen MR) is 119 cm³/mol. The predicted octanol–water partition coefficient (Wildman–Crippen LogP) is 1.83. The Balaban J connectivity index is 1.73. The molecule has 3 amide bonds. The number of amides is 3. The van der Waals surface area contributed by atoms with Gasteiger partial charge in [0.15, 0.2) is 5.69 Å². The number of hydrogen-bond acceptors (Lipinski definition) is 5. The second-order valence-corrected chi connectivity index (χ2v) is 8.64. The van der Waals surface area contributed by atoms with Crippen LogP contribution in [0.4, 0.5) is 0 Å². The largest absolute Gasteiger partial charge is 0.496 e. The summed E-state index contributed by atoms with van der Waals surface area (Å²) in [6.07, 6.45) is 0.850. The van der Waals surface area contributed by atoms with Crippen molar-refractivity contribution in [1.29, 1.82) is 0 Å². The van der Waals surface area contributed by atoms with Crippen molar-refractivity contribution < 1.29 is 19.1 Å². The van der Waals surface area contributed by atoms with Gasteiger partial charge in [0.2, 0.25) is 5.91 Å². The van der Waals surface area contributed by atoms with Crippen molar-refractivity contribution in [3.63, 3.8) is 0 Å². The maximum Gasteiger partial charge on any atom is 0.272 e. The Hall–Kier alpha value is -3.36. The molecule has 0 saturated heterocycles. The summed E-state index contributed by atoms with van der Waals surface area (Å²) >= 11 is 0. The summed E-state index contributed by atoms with van der Waals surface area (Å²) in [5.74, 6) is 0.138. The highest BCUT2D eigenvalue weighted by molar-refractivity contribution is 6.01. The molecule has 0 spiro atoms. The summed E-state index contributed by atoms with van der Waals surface area (Å²) in [5, 5.41) is 10.1. The van der Waals surface area contributed by atoms with Crippen LogP contribution in [-0.4, -0.2) is 58.6 Å². The van der Waals surface area contributed by atoms with Gasteiger partial charge in [-0.15, -0.1) is 0 Å². The van der Waals surface area contributed by atoms with Crippen molar-refractivity contribution in [1.82, 2.24) is 25.3 Å². The molecule has 3 rings (SSSR count). The lowest BCUT2D eigenvalue weighted by Crippen LogP contribution is -2.62. The average Bonchev–Trinajstić information content (AvgIpc) is 3.19. The molecular formula is C23H31N5O4. The number of likely N-dealkylation sites (N-methyl/N-ethyl adjacent to an activating group) is 1. The number of methoxy groups -OCH3 is 1. The molecule has 0 radical (unpaired) electrons. The van der Waals surface area contributed by atoms with Crippen LogP contribution in [-0.2, 0) is 17.9 Å². The highest BCUT2D eigenvalue weighted by Gasteiger charge is 2.46. The van der Waals surface area contributed by atoms with Crippen LogP contribution in [0.2, 0.25) is 0 Å². The summed E-state index contributed by atoms with van der Waals surface area (Å²) in [4.78, 5) is 40.0. The molecule has 172 valence electrons. The molecule has 0 fully saturated rings. The lowest BCUT2D eigenvalue weighted by Gasteiger charge is -2.40. The minimum Gasteiger partial charge on any atom is -0.496 e. The Kier molecular flexibility index (Phi) is 6.86. The van der Waals surface area contributed by atoms with Crippen molar-refractivity contribution in [2.45, 2.75) is 45.8 Å². The number of carbonyl (C=O) groups excluding carboxylic acids is 3. The van der Waals surface area contributed by atoms with Gasteiger partial charge in [0.1, 0.15) is 17.0 Å². The molecule has 1 aromatic carbocycles. The molecule has 1 aromatic heterocycles. The van der Waals surface area contributed by atoms with Gasteiger partial charge in [0.05, 0.1) is 13.7 Å². The van der Waals surface area contributed by atoms with Crippen molar-refractivity contribution in [2.75, 3.05) is 20.7 Å². The number of ether oxygens (including phenoxy) is 1. The number of hydrogen-bond donors (Lipinski definition) is 2. The third kappa shape index (κ3) is 4.61. The van der Waals surface area contributed by atoms with Gasteiger partial charge < -0.3 is 20.3 Å². The number of benzene rings is 1. The summed E-state index contributed by atoms with van der Waals surface area (Å²) < 4.78 is 6.75. The monoisotopic (exact) mass is 441 g/mol. The van der Waals surface area contributed by atoms with E-state index >= 15 is 0 Å². The standard InChI is InChI=1S/C23H31N5O4/c1-15(2)10-11-24-22(31)23(3)14-28-18(21(30)27(23)4)12-17(26-28)20(29)25-13-16-8-6-7-9-19(16)32-5/h6-9,12,15H,10-11,13-14H2,1-5H3,(H,24,31)(H,25,29)/t23-/m0/s1. The van der Waals surface area contributed by atoms with E-state index in [2.05, 4.69) is 29.6 Å². The van der Waals surface area contributed by atoms with E-state index in [1.807, 2.05) is 24.3 Å². The van der Waals surface area contributed by atoms with E-state index in [4.69, 9.17) is 4.74 Å². The van der Waals surface area contributed by atoms with Gasteiger partial charge in [0, 0.05) is 31.8 Å². The zero-order valence-corrected chi connectivity index (χ0v) is 19.3. The number of nitrogens with one attached hydrogen (secondary N) is 2. The Bertz CT molecular complexity index is 1020. The van der Waals surface area contributed by atoms with E-state index in [0.717, 1.165) is 12.0 Å². The number of nitrogens with zero attached hydrogens (tertiary/aromatic N) is 3. The SMILES string of the molecule is COc1ccccc1CNC(=O)c1cc2n(n1)C[C@@](C)(C(=O)NCCC(C)C)N(C)C2=O. The van der Waals surface area contributed by atoms with Gasteiger partial charge >= 0.3 is 0 Å². The molecular weight excluding hydrogens is 410 g/mol. The van der Waals surface area contributed by atoms with Crippen LogP contribution in [0, 0.1) is 5.92 Å². The third-order valence-electron chi connectivity index (χ3n) is 5.86. The fourth-order valence-corrected chi connectivity index (χ4v) is 3.62.